The molecule has 3 N–H and O–H groups in total. The number of anilines is 1. The number of amides is 3. The van der Waals surface area contributed by atoms with Crippen molar-refractivity contribution in [1.29, 1.82) is 0 Å². The summed E-state index contributed by atoms with van der Waals surface area (Å²) in [5.74, 6) is -0.399. The van der Waals surface area contributed by atoms with E-state index in [0.29, 0.717) is 11.6 Å². The van der Waals surface area contributed by atoms with E-state index in [4.69, 9.17) is 11.6 Å². The second-order valence-corrected chi connectivity index (χ2v) is 5.96. The van der Waals surface area contributed by atoms with Gasteiger partial charge in [-0.2, -0.15) is 0 Å². The Morgan fingerprint density at radius 3 is 2.59 bits per heavy atom. The van der Waals surface area contributed by atoms with Gasteiger partial charge in [0.2, 0.25) is 5.91 Å². The Labute approximate surface area is 137 Å². The van der Waals surface area contributed by atoms with Gasteiger partial charge in [-0.1, -0.05) is 17.7 Å². The molecule has 0 aliphatic carbocycles. The molecule has 0 saturated heterocycles. The maximum Gasteiger partial charge on any atom is 0.321 e. The number of imide groups is 1. The molecule has 1 aromatic carbocycles. The SMILES string of the molecule is O=C(CNc1ccc(Cl)cc1)NC(=O)NCCc1cccs1. The van der Waals surface area contributed by atoms with Gasteiger partial charge in [-0.15, -0.1) is 11.3 Å². The largest absolute Gasteiger partial charge is 0.376 e. The third kappa shape index (κ3) is 5.75. The molecule has 7 heteroatoms. The minimum absolute atomic E-state index is 0.0139. The fourth-order valence-electron chi connectivity index (χ4n) is 1.72. The molecule has 1 aromatic heterocycles. The van der Waals surface area contributed by atoms with E-state index in [0.717, 1.165) is 12.1 Å². The zero-order valence-corrected chi connectivity index (χ0v) is 13.3. The molecule has 0 radical (unpaired) electrons. The van der Waals surface area contributed by atoms with E-state index in [1.165, 1.54) is 4.88 Å². The molecule has 3 amide bonds. The molecular weight excluding hydrogens is 322 g/mol. The monoisotopic (exact) mass is 337 g/mol. The van der Waals surface area contributed by atoms with Crippen molar-refractivity contribution in [1.82, 2.24) is 10.6 Å². The molecule has 2 rings (SSSR count). The van der Waals surface area contributed by atoms with Crippen LogP contribution in [0.5, 0.6) is 0 Å². The number of carbonyl (C=O) groups is 2. The van der Waals surface area contributed by atoms with Gasteiger partial charge in [0.25, 0.3) is 0 Å². The summed E-state index contributed by atoms with van der Waals surface area (Å²) in [7, 11) is 0. The van der Waals surface area contributed by atoms with E-state index in [2.05, 4.69) is 16.0 Å². The van der Waals surface area contributed by atoms with Crippen LogP contribution in [0.2, 0.25) is 5.02 Å². The van der Waals surface area contributed by atoms with Crippen LogP contribution in [0, 0.1) is 0 Å². The number of hydrogen-bond acceptors (Lipinski definition) is 4. The zero-order chi connectivity index (χ0) is 15.8. The second-order valence-electron chi connectivity index (χ2n) is 4.49. The zero-order valence-electron chi connectivity index (χ0n) is 11.8. The first-order valence-corrected chi connectivity index (χ1v) is 7.99. The maximum absolute atomic E-state index is 11.6. The minimum Gasteiger partial charge on any atom is -0.376 e. The standard InChI is InChI=1S/C15H16ClN3O2S/c16-11-3-5-12(6-4-11)18-10-14(20)19-15(21)17-8-7-13-2-1-9-22-13/h1-6,9,18H,7-8,10H2,(H2,17,19,20,21). The van der Waals surface area contributed by atoms with E-state index in [1.54, 1.807) is 35.6 Å². The van der Waals surface area contributed by atoms with Crippen molar-refractivity contribution in [2.75, 3.05) is 18.4 Å². The number of nitrogens with one attached hydrogen (secondary N) is 3. The summed E-state index contributed by atoms with van der Waals surface area (Å²) in [6, 6.07) is 10.4. The lowest BCUT2D eigenvalue weighted by Gasteiger charge is -2.08. The topological polar surface area (TPSA) is 70.2 Å². The van der Waals surface area contributed by atoms with Crippen molar-refractivity contribution >= 4 is 40.6 Å². The van der Waals surface area contributed by atoms with Crippen molar-refractivity contribution in [3.05, 3.63) is 51.7 Å². The van der Waals surface area contributed by atoms with Gasteiger partial charge in [0.05, 0.1) is 6.54 Å². The van der Waals surface area contributed by atoms with Crippen LogP contribution in [-0.4, -0.2) is 25.0 Å². The van der Waals surface area contributed by atoms with Gasteiger partial charge < -0.3 is 10.6 Å². The Hall–Kier alpha value is -2.05. The highest BCUT2D eigenvalue weighted by atomic mass is 35.5. The lowest BCUT2D eigenvalue weighted by molar-refractivity contribution is -0.118. The smallest absolute Gasteiger partial charge is 0.321 e. The van der Waals surface area contributed by atoms with Crippen LogP contribution in [0.4, 0.5) is 10.5 Å². The summed E-state index contributed by atoms with van der Waals surface area (Å²) in [5.41, 5.74) is 0.762. The third-order valence-electron chi connectivity index (χ3n) is 2.79. The molecule has 0 aliphatic rings. The van der Waals surface area contributed by atoms with E-state index in [1.807, 2.05) is 17.5 Å². The molecule has 1 heterocycles. The number of benzene rings is 1. The van der Waals surface area contributed by atoms with Crippen LogP contribution >= 0.6 is 22.9 Å². The van der Waals surface area contributed by atoms with Gasteiger partial charge in [-0.05, 0) is 42.1 Å². The molecule has 0 unspecified atom stereocenters. The first-order valence-electron chi connectivity index (χ1n) is 6.73. The van der Waals surface area contributed by atoms with Gasteiger partial charge in [-0.25, -0.2) is 4.79 Å². The number of urea groups is 1. The molecule has 22 heavy (non-hydrogen) atoms. The van der Waals surface area contributed by atoms with Gasteiger partial charge >= 0.3 is 6.03 Å². The normalized spacial score (nSPS) is 10.0. The molecule has 2 aromatic rings. The molecule has 0 fully saturated rings. The Morgan fingerprint density at radius 2 is 1.91 bits per heavy atom. The Bertz CT molecular complexity index is 614. The Kier molecular flexibility index (Phi) is 6.24. The Balaban J connectivity index is 1.63. The van der Waals surface area contributed by atoms with E-state index in [9.17, 15) is 9.59 Å². The molecule has 116 valence electrons. The number of thiophene rings is 1. The summed E-state index contributed by atoms with van der Waals surface area (Å²) in [6.07, 6.45) is 0.752. The number of rotatable bonds is 6. The van der Waals surface area contributed by atoms with Crippen molar-refractivity contribution in [3.8, 4) is 0 Å². The van der Waals surface area contributed by atoms with Crippen LogP contribution in [-0.2, 0) is 11.2 Å². The summed E-state index contributed by atoms with van der Waals surface area (Å²) in [4.78, 5) is 24.4. The summed E-state index contributed by atoms with van der Waals surface area (Å²) >= 11 is 7.41. The molecule has 0 bridgehead atoms. The van der Waals surface area contributed by atoms with Crippen LogP contribution in [0.15, 0.2) is 41.8 Å². The van der Waals surface area contributed by atoms with Crippen LogP contribution in [0.1, 0.15) is 4.88 Å². The predicted octanol–water partition coefficient (Wildman–Crippen LogP) is 2.88. The first kappa shape index (κ1) is 16.3. The van der Waals surface area contributed by atoms with Gasteiger partial charge in [0.15, 0.2) is 0 Å². The first-order chi connectivity index (χ1) is 10.6. The molecule has 0 saturated carbocycles. The lowest BCUT2D eigenvalue weighted by atomic mass is 10.3. The van der Waals surface area contributed by atoms with Crippen molar-refractivity contribution in [3.63, 3.8) is 0 Å². The molecule has 0 atom stereocenters. The summed E-state index contributed by atoms with van der Waals surface area (Å²) in [5, 5.41) is 10.4. The maximum atomic E-state index is 11.6. The molecule has 5 nitrogen and oxygen atoms in total. The average Bonchev–Trinajstić information content (AvgIpc) is 3.00. The Morgan fingerprint density at radius 1 is 1.14 bits per heavy atom. The molecule has 0 spiro atoms. The summed E-state index contributed by atoms with van der Waals surface area (Å²) in [6.45, 7) is 0.504. The average molecular weight is 338 g/mol. The quantitative estimate of drug-likeness (QED) is 0.759. The van der Waals surface area contributed by atoms with Gasteiger partial charge in [-0.3, -0.25) is 10.1 Å². The highest BCUT2D eigenvalue weighted by molar-refractivity contribution is 7.09. The number of hydrogen-bond donors (Lipinski definition) is 3. The number of halogens is 1. The predicted molar refractivity (Wildman–Crippen MR) is 89.5 cm³/mol. The van der Waals surface area contributed by atoms with Crippen molar-refractivity contribution in [2.24, 2.45) is 0 Å². The fraction of sp³-hybridized carbons (Fsp3) is 0.200. The second kappa shape index (κ2) is 8.41. The minimum atomic E-state index is -0.487. The van der Waals surface area contributed by atoms with E-state index >= 15 is 0 Å². The van der Waals surface area contributed by atoms with Crippen LogP contribution < -0.4 is 16.0 Å². The van der Waals surface area contributed by atoms with Crippen LogP contribution in [0.3, 0.4) is 0 Å². The lowest BCUT2D eigenvalue weighted by Crippen LogP contribution is -2.42. The van der Waals surface area contributed by atoms with Crippen molar-refractivity contribution < 1.29 is 9.59 Å². The highest BCUT2D eigenvalue weighted by Gasteiger charge is 2.07. The van der Waals surface area contributed by atoms with Crippen LogP contribution in [0.25, 0.3) is 0 Å². The number of carbonyl (C=O) groups excluding carboxylic acids is 2. The van der Waals surface area contributed by atoms with E-state index in [-0.39, 0.29) is 6.54 Å². The third-order valence-corrected chi connectivity index (χ3v) is 3.98. The van der Waals surface area contributed by atoms with Gasteiger partial charge in [0, 0.05) is 22.1 Å². The van der Waals surface area contributed by atoms with E-state index < -0.39 is 11.9 Å². The summed E-state index contributed by atoms with van der Waals surface area (Å²) < 4.78 is 0. The highest BCUT2D eigenvalue weighted by Crippen LogP contribution is 2.12. The fourth-order valence-corrected chi connectivity index (χ4v) is 2.55. The van der Waals surface area contributed by atoms with Gasteiger partial charge in [0.1, 0.15) is 0 Å². The molecule has 0 aliphatic heterocycles. The molecular formula is C15H16ClN3O2S. The van der Waals surface area contributed by atoms with Crippen molar-refractivity contribution in [2.45, 2.75) is 6.42 Å².